The first-order valence-corrected chi connectivity index (χ1v) is 10.1. The molecular formula is C23H28N4O4. The number of ether oxygens (including phenoxy) is 1. The number of rotatable bonds is 7. The van der Waals surface area contributed by atoms with Crippen LogP contribution in [0.2, 0.25) is 0 Å². The molecule has 2 amide bonds. The van der Waals surface area contributed by atoms with E-state index in [1.54, 1.807) is 19.0 Å². The second kappa shape index (κ2) is 9.51. The Morgan fingerprint density at radius 1 is 1.13 bits per heavy atom. The van der Waals surface area contributed by atoms with Crippen LogP contribution in [0.5, 0.6) is 5.75 Å². The lowest BCUT2D eigenvalue weighted by Gasteiger charge is -2.27. The first-order valence-electron chi connectivity index (χ1n) is 10.1. The molecule has 1 saturated heterocycles. The zero-order valence-electron chi connectivity index (χ0n) is 17.7. The van der Waals surface area contributed by atoms with E-state index in [0.29, 0.717) is 30.9 Å². The van der Waals surface area contributed by atoms with Crippen molar-refractivity contribution >= 4 is 17.8 Å². The van der Waals surface area contributed by atoms with Crippen molar-refractivity contribution < 1.29 is 19.4 Å². The summed E-state index contributed by atoms with van der Waals surface area (Å²) in [6.45, 7) is 0.731. The van der Waals surface area contributed by atoms with E-state index >= 15 is 0 Å². The normalized spacial score (nSPS) is 17.9. The van der Waals surface area contributed by atoms with Gasteiger partial charge < -0.3 is 25.4 Å². The van der Waals surface area contributed by atoms with Crippen LogP contribution in [0.15, 0.2) is 48.5 Å². The molecule has 0 aliphatic carbocycles. The number of nitrogens with one attached hydrogen (secondary N) is 1. The van der Waals surface area contributed by atoms with Gasteiger partial charge in [0.05, 0.1) is 6.04 Å². The number of carbonyl (C=O) groups is 2. The summed E-state index contributed by atoms with van der Waals surface area (Å²) in [5.41, 5.74) is 8.19. The summed E-state index contributed by atoms with van der Waals surface area (Å²) in [4.78, 5) is 26.8. The van der Waals surface area contributed by atoms with E-state index in [2.05, 4.69) is 0 Å². The molecule has 0 saturated carbocycles. The van der Waals surface area contributed by atoms with Crippen molar-refractivity contribution in [3.05, 3.63) is 54.1 Å². The molecule has 8 heteroatoms. The lowest BCUT2D eigenvalue weighted by Crippen LogP contribution is -2.44. The summed E-state index contributed by atoms with van der Waals surface area (Å²) in [5.74, 6) is -0.205. The molecule has 8 nitrogen and oxygen atoms in total. The standard InChI is InChI=1S/C23H28N4O4/c1-26(2)23(30)27-13-15(12-21(28)29)11-19(27)14-31-20-9-7-17(8-10-20)16-3-5-18(6-4-16)22(24)25/h3-10,15,19H,11-14H2,1-2H3,(H3,24,25)(H,28,29)/t15-,19-/m0/s1. The second-order valence-electron chi connectivity index (χ2n) is 8.01. The fraction of sp³-hybridized carbons (Fsp3) is 0.348. The Kier molecular flexibility index (Phi) is 6.79. The molecule has 0 radical (unpaired) electrons. The van der Waals surface area contributed by atoms with Crippen LogP contribution in [0, 0.1) is 11.3 Å². The molecule has 2 atom stereocenters. The minimum Gasteiger partial charge on any atom is -0.491 e. The second-order valence-corrected chi connectivity index (χ2v) is 8.01. The molecule has 2 aromatic rings. The Balaban J connectivity index is 1.64. The number of nitrogens with two attached hydrogens (primary N) is 1. The highest BCUT2D eigenvalue weighted by Gasteiger charge is 2.37. The molecule has 0 spiro atoms. The number of benzene rings is 2. The number of carboxylic acids is 1. The summed E-state index contributed by atoms with van der Waals surface area (Å²) in [7, 11) is 3.37. The first kappa shape index (κ1) is 22.1. The SMILES string of the molecule is CN(C)C(=O)N1C[C@H](CC(=O)O)C[C@H]1COc1ccc(-c2ccc(C(=N)N)cc2)cc1. The molecule has 1 fully saturated rings. The molecule has 0 unspecified atom stereocenters. The van der Waals surface area contributed by atoms with E-state index in [-0.39, 0.29) is 30.2 Å². The van der Waals surface area contributed by atoms with Crippen LogP contribution in [0.4, 0.5) is 4.79 Å². The maximum Gasteiger partial charge on any atom is 0.319 e. The quantitative estimate of drug-likeness (QED) is 0.466. The first-order chi connectivity index (χ1) is 14.7. The topological polar surface area (TPSA) is 120 Å². The lowest BCUT2D eigenvalue weighted by molar-refractivity contribution is -0.138. The Labute approximate surface area is 181 Å². The summed E-state index contributed by atoms with van der Waals surface area (Å²) < 4.78 is 5.94. The maximum atomic E-state index is 12.5. The third-order valence-electron chi connectivity index (χ3n) is 5.42. The Morgan fingerprint density at radius 3 is 2.23 bits per heavy atom. The van der Waals surface area contributed by atoms with Gasteiger partial charge in [-0.2, -0.15) is 0 Å². The zero-order valence-corrected chi connectivity index (χ0v) is 17.7. The van der Waals surface area contributed by atoms with Crippen LogP contribution in [0.25, 0.3) is 11.1 Å². The molecule has 4 N–H and O–H groups in total. The van der Waals surface area contributed by atoms with Gasteiger partial charge in [-0.05, 0) is 35.6 Å². The molecule has 0 aromatic heterocycles. The molecule has 2 aromatic carbocycles. The van der Waals surface area contributed by atoms with Crippen LogP contribution in [0.3, 0.4) is 0 Å². The molecule has 3 rings (SSSR count). The summed E-state index contributed by atoms with van der Waals surface area (Å²) in [5, 5.41) is 16.6. The largest absolute Gasteiger partial charge is 0.491 e. The summed E-state index contributed by atoms with van der Waals surface area (Å²) in [6, 6.07) is 14.8. The molecule has 164 valence electrons. The fourth-order valence-electron chi connectivity index (χ4n) is 3.84. The van der Waals surface area contributed by atoms with Crippen molar-refractivity contribution in [3.63, 3.8) is 0 Å². The van der Waals surface area contributed by atoms with E-state index in [0.717, 1.165) is 11.1 Å². The fourth-order valence-corrected chi connectivity index (χ4v) is 3.84. The summed E-state index contributed by atoms with van der Waals surface area (Å²) >= 11 is 0. The highest BCUT2D eigenvalue weighted by atomic mass is 16.5. The predicted octanol–water partition coefficient (Wildman–Crippen LogP) is 2.86. The Bertz CT molecular complexity index is 941. The number of carbonyl (C=O) groups excluding carboxylic acids is 1. The van der Waals surface area contributed by atoms with Crippen LogP contribution in [0.1, 0.15) is 18.4 Å². The molecule has 1 heterocycles. The third kappa shape index (κ3) is 5.53. The lowest BCUT2D eigenvalue weighted by atomic mass is 10.0. The number of urea groups is 1. The van der Waals surface area contributed by atoms with Crippen molar-refractivity contribution in [1.29, 1.82) is 5.41 Å². The predicted molar refractivity (Wildman–Crippen MR) is 118 cm³/mol. The van der Waals surface area contributed by atoms with Crippen LogP contribution < -0.4 is 10.5 Å². The van der Waals surface area contributed by atoms with Crippen molar-refractivity contribution in [3.8, 4) is 16.9 Å². The van der Waals surface area contributed by atoms with Gasteiger partial charge in [0.1, 0.15) is 18.2 Å². The van der Waals surface area contributed by atoms with E-state index in [4.69, 9.17) is 21.0 Å². The van der Waals surface area contributed by atoms with E-state index < -0.39 is 5.97 Å². The average molecular weight is 425 g/mol. The number of aliphatic carboxylic acids is 1. The van der Waals surface area contributed by atoms with Gasteiger partial charge in [0.2, 0.25) is 0 Å². The van der Waals surface area contributed by atoms with Gasteiger partial charge in [0.15, 0.2) is 0 Å². The van der Waals surface area contributed by atoms with Crippen molar-refractivity contribution in [2.45, 2.75) is 18.9 Å². The van der Waals surface area contributed by atoms with Gasteiger partial charge in [0, 0.05) is 32.6 Å². The average Bonchev–Trinajstić information content (AvgIpc) is 3.13. The number of hydrogen-bond acceptors (Lipinski definition) is 4. The van der Waals surface area contributed by atoms with Crippen LogP contribution in [-0.4, -0.2) is 66.0 Å². The zero-order chi connectivity index (χ0) is 22.5. The van der Waals surface area contributed by atoms with Gasteiger partial charge >= 0.3 is 12.0 Å². The molecule has 1 aliphatic rings. The van der Waals surface area contributed by atoms with Crippen molar-refractivity contribution in [1.82, 2.24) is 9.80 Å². The Hall–Kier alpha value is -3.55. The molecular weight excluding hydrogens is 396 g/mol. The number of hydrogen-bond donors (Lipinski definition) is 3. The van der Waals surface area contributed by atoms with Gasteiger partial charge in [-0.25, -0.2) is 4.79 Å². The van der Waals surface area contributed by atoms with E-state index in [1.165, 1.54) is 4.90 Å². The highest BCUT2D eigenvalue weighted by Crippen LogP contribution is 2.28. The number of likely N-dealkylation sites (tertiary alicyclic amines) is 1. The van der Waals surface area contributed by atoms with E-state index in [1.807, 2.05) is 48.5 Å². The smallest absolute Gasteiger partial charge is 0.319 e. The van der Waals surface area contributed by atoms with Crippen LogP contribution in [-0.2, 0) is 4.79 Å². The van der Waals surface area contributed by atoms with Crippen molar-refractivity contribution in [2.24, 2.45) is 11.7 Å². The summed E-state index contributed by atoms with van der Waals surface area (Å²) in [6.07, 6.45) is 0.650. The minimum absolute atomic E-state index is 0.0367. The van der Waals surface area contributed by atoms with Crippen molar-refractivity contribution in [2.75, 3.05) is 27.2 Å². The third-order valence-corrected chi connectivity index (χ3v) is 5.42. The number of nitrogens with zero attached hydrogens (tertiary/aromatic N) is 2. The van der Waals surface area contributed by atoms with Crippen LogP contribution >= 0.6 is 0 Å². The molecule has 31 heavy (non-hydrogen) atoms. The van der Waals surface area contributed by atoms with Gasteiger partial charge in [-0.3, -0.25) is 10.2 Å². The van der Waals surface area contributed by atoms with E-state index in [9.17, 15) is 9.59 Å². The monoisotopic (exact) mass is 424 g/mol. The maximum absolute atomic E-state index is 12.5. The molecule has 0 bridgehead atoms. The van der Waals surface area contributed by atoms with Gasteiger partial charge in [-0.1, -0.05) is 36.4 Å². The van der Waals surface area contributed by atoms with Gasteiger partial charge in [0.25, 0.3) is 0 Å². The number of amides is 2. The highest BCUT2D eigenvalue weighted by molar-refractivity contribution is 5.95. The minimum atomic E-state index is -0.851. The Morgan fingerprint density at radius 2 is 1.71 bits per heavy atom. The molecule has 1 aliphatic heterocycles. The number of nitrogen functional groups attached to an aromatic ring is 1. The van der Waals surface area contributed by atoms with Gasteiger partial charge in [-0.15, -0.1) is 0 Å². The number of amidine groups is 1. The number of carboxylic acid groups (broad SMARTS) is 1.